The Morgan fingerprint density at radius 2 is 0.795 bits per heavy atom. The lowest BCUT2D eigenvalue weighted by Crippen LogP contribution is -2.70. The number of carbonyl (C=O) groups is 3. The highest BCUT2D eigenvalue weighted by Crippen LogP contribution is 2.27. The molecule has 0 aromatic heterocycles. The van der Waals surface area contributed by atoms with Gasteiger partial charge in [0.25, 0.3) is 0 Å². The Balaban J connectivity index is 4.01. The Hall–Kier alpha value is -1.89. The standard InChI is InChI=1S/C32H59NO6/c1-5-6-7-8-9-10-11-12-13-14-15-16-17-18-19-20-21-22-23-24-25-26-33(27(2)30(34)35,28(3)31(36)37)29(4)32(38)39/h8-9,27-29H,5-7,10-26H2,1-4H3,(H2-,34,35,36,37,38,39)/p+1/b9-8+. The van der Waals surface area contributed by atoms with Gasteiger partial charge in [0.05, 0.1) is 6.54 Å². The van der Waals surface area contributed by atoms with Crippen molar-refractivity contribution in [2.75, 3.05) is 6.54 Å². The van der Waals surface area contributed by atoms with Gasteiger partial charge in [0.15, 0.2) is 18.1 Å². The minimum absolute atomic E-state index is 0.227. The van der Waals surface area contributed by atoms with Crippen LogP contribution in [0.25, 0.3) is 0 Å². The van der Waals surface area contributed by atoms with E-state index < -0.39 is 40.5 Å². The van der Waals surface area contributed by atoms with E-state index in [0.717, 1.165) is 19.3 Å². The highest BCUT2D eigenvalue weighted by Gasteiger charge is 2.52. The lowest BCUT2D eigenvalue weighted by atomic mass is 9.99. The van der Waals surface area contributed by atoms with Gasteiger partial charge >= 0.3 is 17.9 Å². The Kier molecular flexibility index (Phi) is 21.8. The fourth-order valence-corrected chi connectivity index (χ4v) is 5.71. The Morgan fingerprint density at radius 3 is 1.10 bits per heavy atom. The molecule has 0 bridgehead atoms. The van der Waals surface area contributed by atoms with Crippen molar-refractivity contribution in [2.24, 2.45) is 0 Å². The van der Waals surface area contributed by atoms with Gasteiger partial charge in [0.2, 0.25) is 0 Å². The summed E-state index contributed by atoms with van der Waals surface area (Å²) < 4.78 is -0.476. The number of nitrogens with zero attached hydrogens (tertiary/aromatic N) is 1. The van der Waals surface area contributed by atoms with Gasteiger partial charge in [0, 0.05) is 0 Å². The molecule has 39 heavy (non-hydrogen) atoms. The van der Waals surface area contributed by atoms with Crippen LogP contribution in [-0.4, -0.2) is 62.4 Å². The van der Waals surface area contributed by atoms with Gasteiger partial charge in [-0.15, -0.1) is 0 Å². The molecule has 0 radical (unpaired) electrons. The van der Waals surface area contributed by atoms with E-state index in [1.807, 2.05) is 0 Å². The first-order valence-electron chi connectivity index (χ1n) is 15.8. The zero-order valence-electron chi connectivity index (χ0n) is 25.5. The average molecular weight is 555 g/mol. The highest BCUT2D eigenvalue weighted by molar-refractivity contribution is 5.77. The van der Waals surface area contributed by atoms with Crippen LogP contribution in [0.3, 0.4) is 0 Å². The predicted octanol–water partition coefficient (Wildman–Crippen LogP) is 8.21. The number of unbranched alkanes of at least 4 members (excludes halogenated alkanes) is 17. The summed E-state index contributed by atoms with van der Waals surface area (Å²) in [4.78, 5) is 35.4. The molecule has 0 spiro atoms. The van der Waals surface area contributed by atoms with Crippen LogP contribution in [-0.2, 0) is 14.4 Å². The van der Waals surface area contributed by atoms with Crippen LogP contribution in [0.4, 0.5) is 0 Å². The van der Waals surface area contributed by atoms with E-state index in [-0.39, 0.29) is 6.54 Å². The first-order chi connectivity index (χ1) is 18.6. The minimum Gasteiger partial charge on any atom is -0.477 e. The quantitative estimate of drug-likeness (QED) is 0.0536. The number of quaternary nitrogens is 1. The van der Waals surface area contributed by atoms with Crippen molar-refractivity contribution < 1.29 is 34.2 Å². The van der Waals surface area contributed by atoms with Crippen molar-refractivity contribution in [2.45, 2.75) is 168 Å². The molecule has 0 fully saturated rings. The van der Waals surface area contributed by atoms with E-state index in [2.05, 4.69) is 19.1 Å². The summed E-state index contributed by atoms with van der Waals surface area (Å²) in [6.07, 6.45) is 27.7. The number of rotatable bonds is 27. The maximum Gasteiger partial charge on any atom is 0.362 e. The van der Waals surface area contributed by atoms with Crippen LogP contribution in [0.1, 0.15) is 150 Å². The maximum atomic E-state index is 11.8. The fourth-order valence-electron chi connectivity index (χ4n) is 5.71. The molecule has 0 aromatic rings. The number of hydrogen-bond acceptors (Lipinski definition) is 3. The molecule has 0 amide bonds. The van der Waals surface area contributed by atoms with E-state index in [9.17, 15) is 29.7 Å². The second-order valence-corrected chi connectivity index (χ2v) is 11.5. The lowest BCUT2D eigenvalue weighted by molar-refractivity contribution is -0.968. The van der Waals surface area contributed by atoms with Gasteiger partial charge in [-0.3, -0.25) is 4.48 Å². The summed E-state index contributed by atoms with van der Waals surface area (Å²) in [7, 11) is 0. The molecule has 0 aliphatic heterocycles. The molecule has 7 nitrogen and oxygen atoms in total. The third kappa shape index (κ3) is 15.5. The van der Waals surface area contributed by atoms with E-state index in [1.165, 1.54) is 117 Å². The molecule has 0 saturated heterocycles. The molecule has 0 heterocycles. The molecule has 7 heteroatoms. The molecule has 0 rings (SSSR count). The largest absolute Gasteiger partial charge is 0.477 e. The van der Waals surface area contributed by atoms with Crippen LogP contribution in [0.15, 0.2) is 12.2 Å². The van der Waals surface area contributed by atoms with Gasteiger partial charge in [-0.05, 0) is 52.9 Å². The van der Waals surface area contributed by atoms with Crippen molar-refractivity contribution in [3.63, 3.8) is 0 Å². The van der Waals surface area contributed by atoms with Crippen molar-refractivity contribution in [3.8, 4) is 0 Å². The highest BCUT2D eigenvalue weighted by atomic mass is 16.4. The molecule has 228 valence electrons. The SMILES string of the molecule is CCCC/C=C/CCCCCCCCCCCCCCCCC[N+](C(C)C(=O)O)(C(C)C(=O)O)C(C)C(=O)O. The maximum absolute atomic E-state index is 11.8. The van der Waals surface area contributed by atoms with Crippen LogP contribution in [0, 0.1) is 0 Å². The van der Waals surface area contributed by atoms with Crippen molar-refractivity contribution in [1.82, 2.24) is 0 Å². The molecular formula is C32H60NO6+. The number of carboxylic acid groups (broad SMARTS) is 3. The molecule has 3 N–H and O–H groups in total. The third-order valence-electron chi connectivity index (χ3n) is 8.54. The van der Waals surface area contributed by atoms with E-state index in [4.69, 9.17) is 0 Å². The summed E-state index contributed by atoms with van der Waals surface area (Å²) in [5.41, 5.74) is 0. The van der Waals surface area contributed by atoms with Crippen LogP contribution < -0.4 is 0 Å². The van der Waals surface area contributed by atoms with E-state index in [1.54, 1.807) is 0 Å². The fraction of sp³-hybridized carbons (Fsp3) is 0.844. The van der Waals surface area contributed by atoms with Crippen LogP contribution in [0.5, 0.6) is 0 Å². The summed E-state index contributed by atoms with van der Waals surface area (Å²) in [5, 5.41) is 28.9. The minimum atomic E-state index is -1.17. The van der Waals surface area contributed by atoms with Gasteiger partial charge in [-0.2, -0.15) is 0 Å². The predicted molar refractivity (Wildman–Crippen MR) is 159 cm³/mol. The number of hydrogen-bond donors (Lipinski definition) is 3. The number of aliphatic carboxylic acids is 3. The second-order valence-electron chi connectivity index (χ2n) is 11.5. The molecule has 3 atom stereocenters. The van der Waals surface area contributed by atoms with Crippen molar-refractivity contribution >= 4 is 17.9 Å². The summed E-state index contributed by atoms with van der Waals surface area (Å²) in [5.74, 6) is -3.51. The summed E-state index contributed by atoms with van der Waals surface area (Å²) in [6, 6.07) is -3.36. The smallest absolute Gasteiger partial charge is 0.362 e. The zero-order chi connectivity index (χ0) is 29.5. The molecular weight excluding hydrogens is 494 g/mol. The second kappa shape index (κ2) is 22.9. The van der Waals surface area contributed by atoms with Crippen LogP contribution in [0.2, 0.25) is 0 Å². The van der Waals surface area contributed by atoms with Crippen molar-refractivity contribution in [1.29, 1.82) is 0 Å². The molecule has 0 aliphatic rings. The number of carboxylic acids is 3. The average Bonchev–Trinajstić information content (AvgIpc) is 2.90. The van der Waals surface area contributed by atoms with Gasteiger partial charge in [-0.1, -0.05) is 109 Å². The molecule has 0 aromatic carbocycles. The Morgan fingerprint density at radius 1 is 0.513 bits per heavy atom. The zero-order valence-corrected chi connectivity index (χ0v) is 25.5. The third-order valence-corrected chi connectivity index (χ3v) is 8.54. The first kappa shape index (κ1) is 37.1. The van der Waals surface area contributed by atoms with Gasteiger partial charge in [-0.25, -0.2) is 14.4 Å². The van der Waals surface area contributed by atoms with Gasteiger partial charge in [0.1, 0.15) is 0 Å². The topological polar surface area (TPSA) is 112 Å². The molecule has 0 aliphatic carbocycles. The van der Waals surface area contributed by atoms with E-state index >= 15 is 0 Å². The molecule has 0 saturated carbocycles. The first-order valence-corrected chi connectivity index (χ1v) is 15.8. The molecule has 3 unspecified atom stereocenters. The summed E-state index contributed by atoms with van der Waals surface area (Å²) >= 11 is 0. The normalized spacial score (nSPS) is 15.6. The lowest BCUT2D eigenvalue weighted by Gasteiger charge is -2.47. The number of allylic oxidation sites excluding steroid dienone is 2. The summed E-state index contributed by atoms with van der Waals surface area (Å²) in [6.45, 7) is 6.74. The Bertz CT molecular complexity index is 642. The van der Waals surface area contributed by atoms with Crippen LogP contribution >= 0.6 is 0 Å². The van der Waals surface area contributed by atoms with Gasteiger partial charge < -0.3 is 15.3 Å². The Labute approximate surface area is 238 Å². The van der Waals surface area contributed by atoms with E-state index in [0.29, 0.717) is 6.42 Å². The van der Waals surface area contributed by atoms with Crippen molar-refractivity contribution in [3.05, 3.63) is 12.2 Å². The monoisotopic (exact) mass is 554 g/mol.